The van der Waals surface area contributed by atoms with Gasteiger partial charge in [0, 0.05) is 31.8 Å². The molecule has 2 aliphatic carbocycles. The number of esters is 10. The highest BCUT2D eigenvalue weighted by molar-refractivity contribution is 5.95. The van der Waals surface area contributed by atoms with E-state index in [4.69, 9.17) is 47.4 Å². The molecule has 0 saturated heterocycles. The number of ether oxygens (including phenoxy) is 10. The number of carbonyl (C=O) groups is 12. The molecule has 508 valence electrons. The van der Waals surface area contributed by atoms with Crippen molar-refractivity contribution in [2.75, 3.05) is 39.6 Å². The lowest BCUT2D eigenvalue weighted by Crippen LogP contribution is -2.31. The second-order valence-corrected chi connectivity index (χ2v) is 24.9. The van der Waals surface area contributed by atoms with Crippen molar-refractivity contribution in [2.45, 2.75) is 156 Å². The van der Waals surface area contributed by atoms with E-state index in [2.05, 4.69) is 19.7 Å². The Bertz CT molecular complexity index is 3140. The van der Waals surface area contributed by atoms with Gasteiger partial charge in [-0.2, -0.15) is 0 Å². The molecule has 94 heavy (non-hydrogen) atoms. The van der Waals surface area contributed by atoms with E-state index in [0.29, 0.717) is 101 Å². The first kappa shape index (κ1) is 75.6. The Balaban J connectivity index is 1.03. The van der Waals surface area contributed by atoms with Crippen LogP contribution in [0.25, 0.3) is 0 Å². The molecular formula is C72H88O22. The van der Waals surface area contributed by atoms with E-state index in [0.717, 1.165) is 17.2 Å². The Morgan fingerprint density at radius 2 is 0.755 bits per heavy atom. The van der Waals surface area contributed by atoms with E-state index in [9.17, 15) is 57.5 Å². The maximum absolute atomic E-state index is 13.7. The molecule has 2 aliphatic rings. The number of rotatable bonds is 39. The fourth-order valence-corrected chi connectivity index (χ4v) is 9.95. The minimum Gasteiger partial charge on any atom is -0.465 e. The third-order valence-corrected chi connectivity index (χ3v) is 16.0. The van der Waals surface area contributed by atoms with Crippen LogP contribution in [-0.4, -0.2) is 111 Å². The van der Waals surface area contributed by atoms with Crippen LogP contribution >= 0.6 is 0 Å². The highest BCUT2D eigenvalue weighted by atomic mass is 16.6. The van der Waals surface area contributed by atoms with Gasteiger partial charge >= 0.3 is 59.7 Å². The molecule has 2 saturated carbocycles. The van der Waals surface area contributed by atoms with Gasteiger partial charge in [0.1, 0.15) is 28.6 Å². The van der Waals surface area contributed by atoms with Gasteiger partial charge in [-0.05, 0) is 154 Å². The van der Waals surface area contributed by atoms with E-state index in [-0.39, 0.29) is 107 Å². The van der Waals surface area contributed by atoms with Crippen LogP contribution < -0.4 is 18.9 Å². The first-order valence-corrected chi connectivity index (χ1v) is 31.9. The van der Waals surface area contributed by atoms with Crippen molar-refractivity contribution in [1.82, 2.24) is 0 Å². The molecule has 2 fully saturated rings. The van der Waals surface area contributed by atoms with Gasteiger partial charge in [0.05, 0.1) is 89.0 Å². The molecule has 3 aromatic carbocycles. The van der Waals surface area contributed by atoms with Crippen molar-refractivity contribution in [2.24, 2.45) is 34.5 Å². The molecule has 0 bridgehead atoms. The van der Waals surface area contributed by atoms with Crippen LogP contribution in [0.3, 0.4) is 0 Å². The summed E-state index contributed by atoms with van der Waals surface area (Å²) >= 11 is 0. The van der Waals surface area contributed by atoms with Crippen molar-refractivity contribution in [3.63, 3.8) is 0 Å². The molecule has 22 heteroatoms. The third kappa shape index (κ3) is 28.0. The summed E-state index contributed by atoms with van der Waals surface area (Å²) in [6, 6.07) is 17.4. The fourth-order valence-electron chi connectivity index (χ4n) is 9.95. The second kappa shape index (κ2) is 38.8. The Morgan fingerprint density at radius 3 is 1.14 bits per heavy atom. The maximum atomic E-state index is 13.7. The molecular weight excluding hydrogens is 1220 g/mol. The lowest BCUT2D eigenvalue weighted by Gasteiger charge is -2.26. The molecule has 5 rings (SSSR count). The highest BCUT2D eigenvalue weighted by Gasteiger charge is 2.35. The van der Waals surface area contributed by atoms with Crippen LogP contribution in [0.5, 0.6) is 23.0 Å². The molecule has 0 unspecified atom stereocenters. The highest BCUT2D eigenvalue weighted by Crippen LogP contribution is 2.36. The number of benzene rings is 3. The number of ketones is 2. The van der Waals surface area contributed by atoms with E-state index >= 15 is 0 Å². The van der Waals surface area contributed by atoms with Crippen LogP contribution in [-0.2, 0) is 94.0 Å². The minimum atomic E-state index is -0.873. The molecule has 0 aromatic heterocycles. The van der Waals surface area contributed by atoms with Gasteiger partial charge in [-0.3, -0.25) is 47.9 Å². The van der Waals surface area contributed by atoms with Gasteiger partial charge in [0.25, 0.3) is 0 Å². The van der Waals surface area contributed by atoms with Gasteiger partial charge in [-0.1, -0.05) is 71.7 Å². The number of allylic oxidation sites excluding steroid dienone is 2. The summed E-state index contributed by atoms with van der Waals surface area (Å²) in [5, 5.41) is 0. The predicted molar refractivity (Wildman–Crippen MR) is 340 cm³/mol. The van der Waals surface area contributed by atoms with Crippen LogP contribution in [0.4, 0.5) is 0 Å². The van der Waals surface area contributed by atoms with E-state index in [1.165, 1.54) is 30.4 Å². The van der Waals surface area contributed by atoms with Gasteiger partial charge in [-0.15, -0.1) is 0 Å². The van der Waals surface area contributed by atoms with Crippen molar-refractivity contribution in [3.8, 4) is 23.0 Å². The molecule has 3 aromatic rings. The zero-order chi connectivity index (χ0) is 68.6. The number of hydrogen-bond donors (Lipinski definition) is 0. The molecule has 0 amide bonds. The second-order valence-electron chi connectivity index (χ2n) is 24.9. The van der Waals surface area contributed by atoms with E-state index < -0.39 is 94.2 Å². The van der Waals surface area contributed by atoms with E-state index in [1.54, 1.807) is 48.5 Å². The minimum absolute atomic E-state index is 0.0168. The smallest absolute Gasteiger partial charge is 0.342 e. The Labute approximate surface area is 548 Å². The lowest BCUT2D eigenvalue weighted by molar-refractivity contribution is -0.152. The normalized spacial score (nSPS) is 16.1. The average molecular weight is 1310 g/mol. The van der Waals surface area contributed by atoms with Gasteiger partial charge in [-0.25, -0.2) is 9.59 Å². The number of unbranched alkanes of at least 4 members (excludes halogenated alkanes) is 1. The topological polar surface area (TPSA) is 297 Å². The standard InChI is InChI=1S/C72H88O22/c1-8-54(73)35-39-71(4,5)46-89-64(78)33-31-62(76)86-43-37-48-13-25-56(26-14-48)91-66(80)50-17-19-52(20-18-50)68(82)93-58-29-30-60(59(45-58)70(84)88-42-12-11-41-85-61(75)10-3)94-69(83)53-23-21-51(22-24-53)67(81)92-57-27-15-49(16-28-57)38-44-87-63(77)32-34-65(79)90-47-72(6,7)40-36-55(74)9-2/h8-10,13-16,25-30,45,50-53H,1-3,11-12,17-24,31-44,46-47H2,4-7H3. The summed E-state index contributed by atoms with van der Waals surface area (Å²) in [4.78, 5) is 151. The fraction of sp³-hybridized carbons (Fsp3) is 0.500. The first-order chi connectivity index (χ1) is 44.8. The van der Waals surface area contributed by atoms with Crippen LogP contribution in [0.2, 0.25) is 0 Å². The maximum Gasteiger partial charge on any atom is 0.342 e. The van der Waals surface area contributed by atoms with E-state index in [1.807, 2.05) is 27.7 Å². The largest absolute Gasteiger partial charge is 0.465 e. The first-order valence-electron chi connectivity index (χ1n) is 31.9. The third-order valence-electron chi connectivity index (χ3n) is 16.0. The zero-order valence-corrected chi connectivity index (χ0v) is 54.4. The quantitative estimate of drug-likeness (QED) is 0.0168. The Hall–Kier alpha value is -9.08. The zero-order valence-electron chi connectivity index (χ0n) is 54.4. The Kier molecular flexibility index (Phi) is 31.2. The number of carbonyl (C=O) groups excluding carboxylic acids is 12. The summed E-state index contributed by atoms with van der Waals surface area (Å²) in [7, 11) is 0. The molecule has 0 radical (unpaired) electrons. The van der Waals surface area contributed by atoms with Crippen LogP contribution in [0.15, 0.2) is 105 Å². The SMILES string of the molecule is C=CC(=O)CCC(C)(C)COC(=O)CCC(=O)OCCc1ccc(OC(=O)C2CCC(C(=O)Oc3ccc(OC(=O)C4CCC(C(=O)Oc5ccc(CCOC(=O)CCC(=O)OCC(C)(C)CCC(=O)C=C)cc5)CC4)c(C(=O)OCCCCOC(=O)C=C)c3)CC2)cc1. The van der Waals surface area contributed by atoms with Gasteiger partial charge in [0.2, 0.25) is 0 Å². The summed E-state index contributed by atoms with van der Waals surface area (Å²) < 4.78 is 54.6. The van der Waals surface area contributed by atoms with Crippen molar-refractivity contribution < 1.29 is 105 Å². The molecule has 0 aliphatic heterocycles. The Morgan fingerprint density at radius 1 is 0.404 bits per heavy atom. The number of hydrogen-bond acceptors (Lipinski definition) is 22. The van der Waals surface area contributed by atoms with Crippen LogP contribution in [0.1, 0.15) is 165 Å². The lowest BCUT2D eigenvalue weighted by atomic mass is 9.82. The monoisotopic (exact) mass is 1300 g/mol. The van der Waals surface area contributed by atoms with Crippen molar-refractivity contribution in [1.29, 1.82) is 0 Å². The molecule has 0 atom stereocenters. The predicted octanol–water partition coefficient (Wildman–Crippen LogP) is 10.9. The summed E-state index contributed by atoms with van der Waals surface area (Å²) in [6.07, 6.45) is 8.54. The van der Waals surface area contributed by atoms with Gasteiger partial charge in [0.15, 0.2) is 11.6 Å². The molecule has 0 N–H and O–H groups in total. The molecule has 22 nitrogen and oxygen atoms in total. The van der Waals surface area contributed by atoms with Gasteiger partial charge < -0.3 is 47.4 Å². The molecule has 0 heterocycles. The van der Waals surface area contributed by atoms with Crippen molar-refractivity contribution >= 4 is 71.3 Å². The van der Waals surface area contributed by atoms with Crippen molar-refractivity contribution in [3.05, 3.63) is 121 Å². The summed E-state index contributed by atoms with van der Waals surface area (Å²) in [5.74, 6) is -7.74. The summed E-state index contributed by atoms with van der Waals surface area (Å²) in [5.41, 5.74) is 0.597. The summed E-state index contributed by atoms with van der Waals surface area (Å²) in [6.45, 7) is 18.1. The molecule has 0 spiro atoms. The average Bonchev–Trinajstić information content (AvgIpc) is 0.919. The van der Waals surface area contributed by atoms with Crippen LogP contribution in [0, 0.1) is 34.5 Å².